The molecule has 0 bridgehead atoms. The minimum absolute atomic E-state index is 0.0415. The topological polar surface area (TPSA) is 55.1 Å². The van der Waals surface area contributed by atoms with Crippen LogP contribution >= 0.6 is 0 Å². The number of nitrogens with one attached hydrogen (secondary N) is 1. The molecule has 18 heavy (non-hydrogen) atoms. The van der Waals surface area contributed by atoms with Crippen molar-refractivity contribution in [1.29, 1.82) is 0 Å². The first-order valence-electron chi connectivity index (χ1n) is 6.50. The average Bonchev–Trinajstić information content (AvgIpc) is 2.83. The van der Waals surface area contributed by atoms with Gasteiger partial charge in [0.15, 0.2) is 0 Å². The van der Waals surface area contributed by atoms with E-state index in [0.717, 1.165) is 6.42 Å². The second-order valence-corrected chi connectivity index (χ2v) is 4.97. The number of rotatable bonds is 4. The summed E-state index contributed by atoms with van der Waals surface area (Å²) in [6.07, 6.45) is 6.51. The minimum Gasteiger partial charge on any atom is -0.397 e. The van der Waals surface area contributed by atoms with E-state index in [-0.39, 0.29) is 11.6 Å². The Balaban J connectivity index is 1.82. The van der Waals surface area contributed by atoms with E-state index in [0.29, 0.717) is 18.0 Å². The molecule has 0 heterocycles. The van der Waals surface area contributed by atoms with Crippen LogP contribution in [0.3, 0.4) is 0 Å². The molecule has 1 amide bonds. The first-order valence-corrected chi connectivity index (χ1v) is 6.50. The number of hydrogen-bond donors (Lipinski definition) is 2. The van der Waals surface area contributed by atoms with Gasteiger partial charge in [0.25, 0.3) is 0 Å². The fourth-order valence-electron chi connectivity index (χ4n) is 2.49. The van der Waals surface area contributed by atoms with Crippen molar-refractivity contribution in [1.82, 2.24) is 0 Å². The molecule has 1 aromatic carbocycles. The Morgan fingerprint density at radius 3 is 2.78 bits per heavy atom. The normalized spacial score (nSPS) is 15.8. The fraction of sp³-hybridized carbons (Fsp3) is 0.500. The number of halogens is 1. The summed E-state index contributed by atoms with van der Waals surface area (Å²) in [5, 5.41) is 2.73. The molecule has 4 heteroatoms. The summed E-state index contributed by atoms with van der Waals surface area (Å²) in [7, 11) is 0. The average molecular weight is 250 g/mol. The molecule has 1 aliphatic rings. The summed E-state index contributed by atoms with van der Waals surface area (Å²) < 4.78 is 12.8. The molecule has 0 atom stereocenters. The van der Waals surface area contributed by atoms with E-state index in [2.05, 4.69) is 5.32 Å². The van der Waals surface area contributed by atoms with E-state index in [1.165, 1.54) is 43.9 Å². The molecule has 3 nitrogen and oxygen atoms in total. The van der Waals surface area contributed by atoms with Crippen LogP contribution in [0.4, 0.5) is 15.8 Å². The highest BCUT2D eigenvalue weighted by atomic mass is 19.1. The molecule has 2 rings (SSSR count). The van der Waals surface area contributed by atoms with Gasteiger partial charge < -0.3 is 11.1 Å². The summed E-state index contributed by atoms with van der Waals surface area (Å²) in [5.74, 6) is 0.262. The van der Waals surface area contributed by atoms with Gasteiger partial charge in [-0.25, -0.2) is 4.39 Å². The SMILES string of the molecule is Nc1cc(F)ccc1NC(=O)CCC1CCCC1. The van der Waals surface area contributed by atoms with Crippen molar-refractivity contribution < 1.29 is 9.18 Å². The quantitative estimate of drug-likeness (QED) is 0.805. The van der Waals surface area contributed by atoms with Crippen LogP contribution in [0.5, 0.6) is 0 Å². The number of anilines is 2. The zero-order valence-corrected chi connectivity index (χ0v) is 10.4. The summed E-state index contributed by atoms with van der Waals surface area (Å²) in [6, 6.07) is 4.01. The van der Waals surface area contributed by atoms with Gasteiger partial charge in [0.1, 0.15) is 5.82 Å². The third-order valence-corrected chi connectivity index (χ3v) is 3.54. The number of carbonyl (C=O) groups excluding carboxylic acids is 1. The molecule has 0 radical (unpaired) electrons. The smallest absolute Gasteiger partial charge is 0.224 e. The molecule has 0 spiro atoms. The molecule has 0 unspecified atom stereocenters. The molecule has 3 N–H and O–H groups in total. The van der Waals surface area contributed by atoms with Crippen molar-refractivity contribution in [3.63, 3.8) is 0 Å². The number of nitrogen functional groups attached to an aromatic ring is 1. The first kappa shape index (κ1) is 12.9. The Bertz CT molecular complexity index is 428. The van der Waals surface area contributed by atoms with Crippen LogP contribution in [0.15, 0.2) is 18.2 Å². The van der Waals surface area contributed by atoms with Gasteiger partial charge in [-0.3, -0.25) is 4.79 Å². The largest absolute Gasteiger partial charge is 0.397 e. The lowest BCUT2D eigenvalue weighted by molar-refractivity contribution is -0.116. The molecule has 1 aromatic rings. The zero-order chi connectivity index (χ0) is 13.0. The predicted octanol–water partition coefficient (Wildman–Crippen LogP) is 3.32. The van der Waals surface area contributed by atoms with E-state index in [4.69, 9.17) is 5.73 Å². The van der Waals surface area contributed by atoms with Gasteiger partial charge in [-0.1, -0.05) is 25.7 Å². The van der Waals surface area contributed by atoms with Crippen molar-refractivity contribution >= 4 is 17.3 Å². The maximum atomic E-state index is 12.8. The molecule has 1 fully saturated rings. The molecule has 1 aliphatic carbocycles. The monoisotopic (exact) mass is 250 g/mol. The summed E-state index contributed by atoms with van der Waals surface area (Å²) >= 11 is 0. The Morgan fingerprint density at radius 2 is 2.11 bits per heavy atom. The van der Waals surface area contributed by atoms with Gasteiger partial charge in [-0.15, -0.1) is 0 Å². The lowest BCUT2D eigenvalue weighted by atomic mass is 10.0. The van der Waals surface area contributed by atoms with Crippen molar-refractivity contribution in [2.24, 2.45) is 5.92 Å². The van der Waals surface area contributed by atoms with Gasteiger partial charge >= 0.3 is 0 Å². The van der Waals surface area contributed by atoms with Crippen molar-refractivity contribution in [3.05, 3.63) is 24.0 Å². The number of benzene rings is 1. The third-order valence-electron chi connectivity index (χ3n) is 3.54. The summed E-state index contributed by atoms with van der Waals surface area (Å²) in [5.41, 5.74) is 6.39. The van der Waals surface area contributed by atoms with E-state index in [1.807, 2.05) is 0 Å². The van der Waals surface area contributed by atoms with Crippen LogP contribution in [0.1, 0.15) is 38.5 Å². The number of hydrogen-bond acceptors (Lipinski definition) is 2. The second kappa shape index (κ2) is 5.85. The van der Waals surface area contributed by atoms with Gasteiger partial charge in [0.05, 0.1) is 11.4 Å². The molecule has 0 aromatic heterocycles. The van der Waals surface area contributed by atoms with E-state index in [1.54, 1.807) is 0 Å². The molecule has 1 saturated carbocycles. The number of carbonyl (C=O) groups is 1. The highest BCUT2D eigenvalue weighted by molar-refractivity contribution is 5.93. The highest BCUT2D eigenvalue weighted by Gasteiger charge is 2.16. The van der Waals surface area contributed by atoms with E-state index in [9.17, 15) is 9.18 Å². The van der Waals surface area contributed by atoms with Crippen LogP contribution in [0.2, 0.25) is 0 Å². The highest BCUT2D eigenvalue weighted by Crippen LogP contribution is 2.28. The summed E-state index contributed by atoms with van der Waals surface area (Å²) in [4.78, 5) is 11.7. The zero-order valence-electron chi connectivity index (χ0n) is 10.4. The van der Waals surface area contributed by atoms with E-state index >= 15 is 0 Å². The number of amides is 1. The minimum atomic E-state index is -0.392. The van der Waals surface area contributed by atoms with Crippen molar-refractivity contribution in [3.8, 4) is 0 Å². The molecular formula is C14H19FN2O. The van der Waals surface area contributed by atoms with Crippen LogP contribution < -0.4 is 11.1 Å². The predicted molar refractivity (Wildman–Crippen MR) is 70.6 cm³/mol. The second-order valence-electron chi connectivity index (χ2n) is 4.97. The van der Waals surface area contributed by atoms with Crippen LogP contribution in [-0.4, -0.2) is 5.91 Å². The lowest BCUT2D eigenvalue weighted by Crippen LogP contribution is -2.14. The van der Waals surface area contributed by atoms with Gasteiger partial charge in [0, 0.05) is 6.42 Å². The lowest BCUT2D eigenvalue weighted by Gasteiger charge is -2.10. The first-order chi connectivity index (χ1) is 8.65. The standard InChI is InChI=1S/C14H19FN2O/c15-11-6-7-13(12(16)9-11)17-14(18)8-5-10-3-1-2-4-10/h6-7,9-10H,1-5,8,16H2,(H,17,18). The van der Waals surface area contributed by atoms with Crippen LogP contribution in [0, 0.1) is 11.7 Å². The van der Waals surface area contributed by atoms with Gasteiger partial charge in [-0.05, 0) is 30.5 Å². The molecular weight excluding hydrogens is 231 g/mol. The van der Waals surface area contributed by atoms with Crippen molar-refractivity contribution in [2.45, 2.75) is 38.5 Å². The van der Waals surface area contributed by atoms with E-state index < -0.39 is 5.82 Å². The Hall–Kier alpha value is -1.58. The molecule has 98 valence electrons. The molecule has 0 aliphatic heterocycles. The third kappa shape index (κ3) is 3.45. The van der Waals surface area contributed by atoms with Gasteiger partial charge in [0.2, 0.25) is 5.91 Å². The number of nitrogens with two attached hydrogens (primary N) is 1. The molecule has 0 saturated heterocycles. The van der Waals surface area contributed by atoms with Gasteiger partial charge in [-0.2, -0.15) is 0 Å². The maximum Gasteiger partial charge on any atom is 0.224 e. The Kier molecular flexibility index (Phi) is 4.18. The fourth-order valence-corrected chi connectivity index (χ4v) is 2.49. The van der Waals surface area contributed by atoms with Crippen LogP contribution in [-0.2, 0) is 4.79 Å². The Labute approximate surface area is 107 Å². The maximum absolute atomic E-state index is 12.8. The Morgan fingerprint density at radius 1 is 1.39 bits per heavy atom. The van der Waals surface area contributed by atoms with Crippen molar-refractivity contribution in [2.75, 3.05) is 11.1 Å². The van der Waals surface area contributed by atoms with Crippen LogP contribution in [0.25, 0.3) is 0 Å². The summed E-state index contributed by atoms with van der Waals surface area (Å²) in [6.45, 7) is 0.